The summed E-state index contributed by atoms with van der Waals surface area (Å²) < 4.78 is 0. The fourth-order valence-corrected chi connectivity index (χ4v) is 6.93. The van der Waals surface area contributed by atoms with Crippen LogP contribution in [0, 0.1) is 30.1 Å². The van der Waals surface area contributed by atoms with Gasteiger partial charge in [-0.2, -0.15) is 0 Å². The maximum Gasteiger partial charge on any atom is 0.0333 e. The van der Waals surface area contributed by atoms with Crippen molar-refractivity contribution in [2.75, 3.05) is 6.54 Å². The molecule has 1 unspecified atom stereocenters. The van der Waals surface area contributed by atoms with Gasteiger partial charge < -0.3 is 5.32 Å². The van der Waals surface area contributed by atoms with Crippen LogP contribution in [0.3, 0.4) is 0 Å². The van der Waals surface area contributed by atoms with E-state index in [1.165, 1.54) is 30.6 Å². The van der Waals surface area contributed by atoms with Crippen LogP contribution in [0.2, 0.25) is 0 Å². The van der Waals surface area contributed by atoms with Crippen molar-refractivity contribution in [3.63, 3.8) is 0 Å². The van der Waals surface area contributed by atoms with E-state index >= 15 is 0 Å². The summed E-state index contributed by atoms with van der Waals surface area (Å²) in [7, 11) is 0. The molecule has 1 nitrogen and oxygen atoms in total. The largest absolute Gasteiger partial charge is 0.310 e. The molecule has 4 saturated carbocycles. The molecular formula is C19H29NS. The molecule has 0 aromatic carbocycles. The van der Waals surface area contributed by atoms with Crippen LogP contribution < -0.4 is 5.32 Å². The molecule has 1 aromatic rings. The number of hydrogen-bond donors (Lipinski definition) is 1. The van der Waals surface area contributed by atoms with E-state index in [4.69, 9.17) is 0 Å². The standard InChI is InChI=1S/C19H29NS/c1-3-20-18(17-4-13(2)21-12-17)11-19-8-14-5-15(9-19)7-16(6-14)10-19/h4,12,14-16,18,20H,3,5-11H2,1-2H3. The zero-order valence-corrected chi connectivity index (χ0v) is 14.3. The molecule has 1 atom stereocenters. The van der Waals surface area contributed by atoms with Crippen LogP contribution in [0.5, 0.6) is 0 Å². The van der Waals surface area contributed by atoms with Gasteiger partial charge in [-0.1, -0.05) is 6.92 Å². The molecule has 0 spiro atoms. The Kier molecular flexibility index (Phi) is 3.66. The highest BCUT2D eigenvalue weighted by atomic mass is 32.1. The Hall–Kier alpha value is -0.340. The van der Waals surface area contributed by atoms with E-state index < -0.39 is 0 Å². The van der Waals surface area contributed by atoms with Gasteiger partial charge in [-0.3, -0.25) is 0 Å². The van der Waals surface area contributed by atoms with Crippen LogP contribution in [0.4, 0.5) is 0 Å². The molecule has 1 N–H and O–H groups in total. The zero-order chi connectivity index (χ0) is 14.4. The first-order chi connectivity index (χ1) is 10.2. The molecule has 1 aromatic heterocycles. The van der Waals surface area contributed by atoms with Gasteiger partial charge in [0.05, 0.1) is 0 Å². The summed E-state index contributed by atoms with van der Waals surface area (Å²) in [6, 6.07) is 3.01. The topological polar surface area (TPSA) is 12.0 Å². The Labute approximate surface area is 133 Å². The fourth-order valence-electron chi connectivity index (χ4n) is 6.17. The molecule has 0 radical (unpaired) electrons. The average Bonchev–Trinajstić information content (AvgIpc) is 2.83. The third kappa shape index (κ3) is 2.70. The first kappa shape index (κ1) is 14.3. The highest BCUT2D eigenvalue weighted by Gasteiger charge is 2.51. The summed E-state index contributed by atoms with van der Waals surface area (Å²) in [4.78, 5) is 1.46. The van der Waals surface area contributed by atoms with Crippen LogP contribution >= 0.6 is 11.3 Å². The first-order valence-electron chi connectivity index (χ1n) is 8.94. The van der Waals surface area contributed by atoms with Crippen LogP contribution in [0.15, 0.2) is 11.4 Å². The summed E-state index contributed by atoms with van der Waals surface area (Å²) in [5.41, 5.74) is 2.23. The molecule has 5 rings (SSSR count). The quantitative estimate of drug-likeness (QED) is 0.777. The second-order valence-electron chi connectivity index (χ2n) is 8.22. The average molecular weight is 304 g/mol. The van der Waals surface area contributed by atoms with E-state index in [0.29, 0.717) is 11.5 Å². The Bertz CT molecular complexity index is 468. The monoisotopic (exact) mass is 303 g/mol. The van der Waals surface area contributed by atoms with Gasteiger partial charge in [0.1, 0.15) is 0 Å². The Morgan fingerprint density at radius 3 is 2.29 bits per heavy atom. The number of nitrogens with one attached hydrogen (secondary N) is 1. The van der Waals surface area contributed by atoms with Crippen molar-refractivity contribution < 1.29 is 0 Å². The van der Waals surface area contributed by atoms with E-state index in [0.717, 1.165) is 24.3 Å². The van der Waals surface area contributed by atoms with Gasteiger partial charge >= 0.3 is 0 Å². The Morgan fingerprint density at radius 2 is 1.81 bits per heavy atom. The van der Waals surface area contributed by atoms with Gasteiger partial charge in [-0.25, -0.2) is 0 Å². The molecule has 2 heteroatoms. The normalized spacial score (nSPS) is 38.9. The predicted octanol–water partition coefficient (Wildman–Crippen LogP) is 5.31. The SMILES string of the molecule is CCNC(CC12CC3CC(CC(C3)C1)C2)c1csc(C)c1. The lowest BCUT2D eigenvalue weighted by Crippen LogP contribution is -2.47. The first-order valence-corrected chi connectivity index (χ1v) is 9.82. The molecule has 0 aliphatic heterocycles. The maximum absolute atomic E-state index is 3.79. The lowest BCUT2D eigenvalue weighted by molar-refractivity contribution is -0.0621. The summed E-state index contributed by atoms with van der Waals surface area (Å²) in [5.74, 6) is 3.22. The van der Waals surface area contributed by atoms with Gasteiger partial charge in [-0.05, 0) is 98.6 Å². The van der Waals surface area contributed by atoms with E-state index in [2.05, 4.69) is 30.6 Å². The molecule has 4 aliphatic carbocycles. The van der Waals surface area contributed by atoms with Gasteiger partial charge in [0.25, 0.3) is 0 Å². The van der Waals surface area contributed by atoms with Crippen molar-refractivity contribution >= 4 is 11.3 Å². The second-order valence-corrected chi connectivity index (χ2v) is 9.34. The van der Waals surface area contributed by atoms with Gasteiger partial charge in [0, 0.05) is 10.9 Å². The van der Waals surface area contributed by atoms with Crippen LogP contribution in [-0.2, 0) is 0 Å². The third-order valence-electron chi connectivity index (χ3n) is 6.41. The van der Waals surface area contributed by atoms with Gasteiger partial charge in [-0.15, -0.1) is 11.3 Å². The predicted molar refractivity (Wildman–Crippen MR) is 90.7 cm³/mol. The number of hydrogen-bond acceptors (Lipinski definition) is 2. The number of aryl methyl sites for hydroxylation is 1. The highest BCUT2D eigenvalue weighted by molar-refractivity contribution is 7.10. The summed E-state index contributed by atoms with van der Waals surface area (Å²) in [6.07, 6.45) is 10.7. The van der Waals surface area contributed by atoms with Crippen molar-refractivity contribution in [1.29, 1.82) is 0 Å². The molecular weight excluding hydrogens is 274 g/mol. The van der Waals surface area contributed by atoms with Crippen LogP contribution in [0.25, 0.3) is 0 Å². The van der Waals surface area contributed by atoms with Crippen molar-refractivity contribution in [3.8, 4) is 0 Å². The molecule has 116 valence electrons. The minimum Gasteiger partial charge on any atom is -0.310 e. The molecule has 0 saturated heterocycles. The smallest absolute Gasteiger partial charge is 0.0333 e. The minimum atomic E-state index is 0.594. The number of rotatable bonds is 5. The van der Waals surface area contributed by atoms with Crippen molar-refractivity contribution in [1.82, 2.24) is 5.32 Å². The maximum atomic E-state index is 3.79. The van der Waals surface area contributed by atoms with Gasteiger partial charge in [0.15, 0.2) is 0 Å². The second kappa shape index (κ2) is 5.38. The number of thiophene rings is 1. The van der Waals surface area contributed by atoms with Crippen molar-refractivity contribution in [2.45, 2.75) is 64.8 Å². The van der Waals surface area contributed by atoms with Crippen LogP contribution in [-0.4, -0.2) is 6.54 Å². The lowest BCUT2D eigenvalue weighted by atomic mass is 9.48. The third-order valence-corrected chi connectivity index (χ3v) is 7.29. The summed E-state index contributed by atoms with van der Waals surface area (Å²) >= 11 is 1.91. The molecule has 4 fully saturated rings. The zero-order valence-electron chi connectivity index (χ0n) is 13.5. The fraction of sp³-hybridized carbons (Fsp3) is 0.789. The lowest BCUT2D eigenvalue weighted by Gasteiger charge is -2.57. The van der Waals surface area contributed by atoms with E-state index in [1.807, 2.05) is 11.3 Å². The summed E-state index contributed by atoms with van der Waals surface area (Å²) in [6.45, 7) is 5.58. The van der Waals surface area contributed by atoms with Crippen LogP contribution in [0.1, 0.15) is 68.4 Å². The molecule has 21 heavy (non-hydrogen) atoms. The summed E-state index contributed by atoms with van der Waals surface area (Å²) in [5, 5.41) is 6.19. The highest BCUT2D eigenvalue weighted by Crippen LogP contribution is 2.62. The Morgan fingerprint density at radius 1 is 1.19 bits per heavy atom. The van der Waals surface area contributed by atoms with Gasteiger partial charge in [0.2, 0.25) is 0 Å². The van der Waals surface area contributed by atoms with Crippen molar-refractivity contribution in [3.05, 3.63) is 21.9 Å². The van der Waals surface area contributed by atoms with Crippen molar-refractivity contribution in [2.24, 2.45) is 23.2 Å². The van der Waals surface area contributed by atoms with E-state index in [-0.39, 0.29) is 0 Å². The molecule has 4 bridgehead atoms. The Balaban J connectivity index is 1.55. The molecule has 0 amide bonds. The van der Waals surface area contributed by atoms with E-state index in [1.54, 1.807) is 24.8 Å². The molecule has 1 heterocycles. The molecule has 4 aliphatic rings. The van der Waals surface area contributed by atoms with E-state index in [9.17, 15) is 0 Å². The minimum absolute atomic E-state index is 0.594.